The number of para-hydroxylation sites is 1. The van der Waals surface area contributed by atoms with Crippen molar-refractivity contribution in [2.45, 2.75) is 31.4 Å². The fourth-order valence-corrected chi connectivity index (χ4v) is 2.36. The van der Waals surface area contributed by atoms with Crippen LogP contribution in [-0.2, 0) is 11.2 Å². The zero-order valence-corrected chi connectivity index (χ0v) is 10.8. The fraction of sp³-hybridized carbons (Fsp3) is 0.357. The number of aromatic amines is 1. The third kappa shape index (κ3) is 2.77. The molecule has 5 N–H and O–H groups in total. The third-order valence-corrected chi connectivity index (χ3v) is 3.22. The normalized spacial score (nSPS) is 16.2. The van der Waals surface area contributed by atoms with Crippen molar-refractivity contribution in [2.75, 3.05) is 0 Å². The van der Waals surface area contributed by atoms with Crippen LogP contribution < -0.4 is 5.73 Å². The van der Waals surface area contributed by atoms with E-state index in [1.54, 1.807) is 13.1 Å². The molecule has 0 aliphatic rings. The predicted octanol–water partition coefficient (Wildman–Crippen LogP) is 1.26. The van der Waals surface area contributed by atoms with Gasteiger partial charge in [-0.1, -0.05) is 18.2 Å². The van der Waals surface area contributed by atoms with E-state index in [-0.39, 0.29) is 18.9 Å². The molecule has 0 spiro atoms. The zero-order chi connectivity index (χ0) is 14.0. The third-order valence-electron chi connectivity index (χ3n) is 3.22. The highest BCUT2D eigenvalue weighted by molar-refractivity contribution is 5.85. The number of nitrogens with two attached hydrogens (primary N) is 1. The van der Waals surface area contributed by atoms with E-state index < -0.39 is 11.6 Å². The van der Waals surface area contributed by atoms with Gasteiger partial charge in [0, 0.05) is 36.0 Å². The first-order valence-corrected chi connectivity index (χ1v) is 6.19. The lowest BCUT2D eigenvalue weighted by molar-refractivity contribution is -0.159. The SMILES string of the molecule is C[C@H](N)C[C@](O)(Cc1c[nH]c2ccccc12)C(=O)O. The Balaban J connectivity index is 2.34. The van der Waals surface area contributed by atoms with Crippen LogP contribution in [0, 0.1) is 0 Å². The molecule has 0 aliphatic carbocycles. The van der Waals surface area contributed by atoms with Crippen LogP contribution in [0.2, 0.25) is 0 Å². The van der Waals surface area contributed by atoms with Crippen molar-refractivity contribution in [3.05, 3.63) is 36.0 Å². The Bertz CT molecular complexity index is 591. The van der Waals surface area contributed by atoms with Crippen molar-refractivity contribution >= 4 is 16.9 Å². The summed E-state index contributed by atoms with van der Waals surface area (Å²) in [5.41, 5.74) is 5.49. The molecular formula is C14H18N2O3. The topological polar surface area (TPSA) is 99.3 Å². The summed E-state index contributed by atoms with van der Waals surface area (Å²) in [6.07, 6.45) is 1.79. The molecule has 0 saturated heterocycles. The maximum atomic E-state index is 11.3. The Morgan fingerprint density at radius 2 is 2.16 bits per heavy atom. The molecule has 2 aromatic rings. The number of hydrogen-bond donors (Lipinski definition) is 4. The Labute approximate surface area is 111 Å². The molecule has 0 fully saturated rings. The van der Waals surface area contributed by atoms with E-state index in [9.17, 15) is 15.0 Å². The highest BCUT2D eigenvalue weighted by Crippen LogP contribution is 2.25. The van der Waals surface area contributed by atoms with E-state index in [4.69, 9.17) is 5.73 Å². The van der Waals surface area contributed by atoms with Gasteiger partial charge in [-0.05, 0) is 18.6 Å². The van der Waals surface area contributed by atoms with E-state index >= 15 is 0 Å². The Hall–Kier alpha value is -1.85. The number of H-pyrrole nitrogens is 1. The molecule has 0 amide bonds. The highest BCUT2D eigenvalue weighted by Gasteiger charge is 2.37. The number of aliphatic hydroxyl groups is 1. The molecule has 0 bridgehead atoms. The van der Waals surface area contributed by atoms with Crippen LogP contribution in [-0.4, -0.2) is 32.8 Å². The van der Waals surface area contributed by atoms with Crippen molar-refractivity contribution in [1.29, 1.82) is 0 Å². The van der Waals surface area contributed by atoms with Gasteiger partial charge in [-0.2, -0.15) is 0 Å². The van der Waals surface area contributed by atoms with Crippen LogP contribution in [0.5, 0.6) is 0 Å². The Morgan fingerprint density at radius 3 is 2.79 bits per heavy atom. The van der Waals surface area contributed by atoms with Crippen molar-refractivity contribution in [1.82, 2.24) is 4.98 Å². The minimum atomic E-state index is -1.83. The van der Waals surface area contributed by atoms with Crippen LogP contribution in [0.25, 0.3) is 10.9 Å². The van der Waals surface area contributed by atoms with Crippen LogP contribution >= 0.6 is 0 Å². The standard InChI is InChI=1S/C14H18N2O3/c1-9(15)6-14(19,13(17)18)7-10-8-16-12-5-3-2-4-11(10)12/h2-5,8-9,16,19H,6-7,15H2,1H3,(H,17,18)/t9-,14-/m0/s1. The lowest BCUT2D eigenvalue weighted by atomic mass is 9.88. The van der Waals surface area contributed by atoms with Gasteiger partial charge in [0.05, 0.1) is 0 Å². The number of nitrogens with one attached hydrogen (secondary N) is 1. The predicted molar refractivity (Wildman–Crippen MR) is 72.9 cm³/mol. The summed E-state index contributed by atoms with van der Waals surface area (Å²) in [6.45, 7) is 1.68. The fourth-order valence-electron chi connectivity index (χ4n) is 2.36. The molecule has 1 heterocycles. The number of fused-ring (bicyclic) bond motifs is 1. The molecule has 1 aromatic heterocycles. The summed E-state index contributed by atoms with van der Waals surface area (Å²) in [5, 5.41) is 20.5. The summed E-state index contributed by atoms with van der Waals surface area (Å²) in [6, 6.07) is 7.20. The van der Waals surface area contributed by atoms with E-state index in [1.807, 2.05) is 24.3 Å². The van der Waals surface area contributed by atoms with E-state index in [0.717, 1.165) is 16.5 Å². The molecule has 5 nitrogen and oxygen atoms in total. The molecule has 5 heteroatoms. The number of benzene rings is 1. The average molecular weight is 262 g/mol. The van der Waals surface area contributed by atoms with Crippen molar-refractivity contribution < 1.29 is 15.0 Å². The Kier molecular flexibility index (Phi) is 3.59. The van der Waals surface area contributed by atoms with Gasteiger partial charge in [-0.25, -0.2) is 4.79 Å². The minimum absolute atomic E-state index is 0.0157. The summed E-state index contributed by atoms with van der Waals surface area (Å²) in [5.74, 6) is -1.24. The molecular weight excluding hydrogens is 244 g/mol. The molecule has 1 aromatic carbocycles. The Morgan fingerprint density at radius 1 is 1.47 bits per heavy atom. The molecule has 2 atom stereocenters. The van der Waals surface area contributed by atoms with E-state index in [1.165, 1.54) is 0 Å². The molecule has 0 unspecified atom stereocenters. The van der Waals surface area contributed by atoms with Gasteiger partial charge in [0.25, 0.3) is 0 Å². The number of carboxylic acid groups (broad SMARTS) is 1. The van der Waals surface area contributed by atoms with Crippen LogP contribution in [0.15, 0.2) is 30.5 Å². The van der Waals surface area contributed by atoms with Gasteiger partial charge in [-0.15, -0.1) is 0 Å². The quantitative estimate of drug-likeness (QED) is 0.652. The second kappa shape index (κ2) is 5.03. The van der Waals surface area contributed by atoms with Crippen molar-refractivity contribution in [3.8, 4) is 0 Å². The average Bonchev–Trinajstić information content (AvgIpc) is 2.71. The van der Waals surface area contributed by atoms with Gasteiger partial charge in [0.2, 0.25) is 0 Å². The molecule has 0 saturated carbocycles. The van der Waals surface area contributed by atoms with Crippen LogP contribution in [0.4, 0.5) is 0 Å². The first-order chi connectivity index (χ1) is 8.92. The van der Waals surface area contributed by atoms with Gasteiger partial charge < -0.3 is 20.9 Å². The van der Waals surface area contributed by atoms with Crippen molar-refractivity contribution in [3.63, 3.8) is 0 Å². The largest absolute Gasteiger partial charge is 0.479 e. The molecule has 2 rings (SSSR count). The minimum Gasteiger partial charge on any atom is -0.479 e. The second-order valence-corrected chi connectivity index (χ2v) is 5.05. The van der Waals surface area contributed by atoms with E-state index in [2.05, 4.69) is 4.98 Å². The number of carboxylic acids is 1. The monoisotopic (exact) mass is 262 g/mol. The molecule has 0 aliphatic heterocycles. The number of hydrogen-bond acceptors (Lipinski definition) is 3. The lowest BCUT2D eigenvalue weighted by Gasteiger charge is -2.25. The summed E-state index contributed by atoms with van der Waals surface area (Å²) in [4.78, 5) is 14.4. The number of carbonyl (C=O) groups is 1. The lowest BCUT2D eigenvalue weighted by Crippen LogP contribution is -2.45. The van der Waals surface area contributed by atoms with E-state index in [0.29, 0.717) is 0 Å². The summed E-state index contributed by atoms with van der Waals surface area (Å²) >= 11 is 0. The number of aromatic nitrogens is 1. The van der Waals surface area contributed by atoms with Gasteiger partial charge >= 0.3 is 5.97 Å². The smallest absolute Gasteiger partial charge is 0.336 e. The maximum absolute atomic E-state index is 11.3. The molecule has 102 valence electrons. The van der Waals surface area contributed by atoms with Crippen LogP contribution in [0.3, 0.4) is 0 Å². The highest BCUT2D eigenvalue weighted by atomic mass is 16.4. The maximum Gasteiger partial charge on any atom is 0.336 e. The first kappa shape index (κ1) is 13.6. The number of aliphatic carboxylic acids is 1. The zero-order valence-electron chi connectivity index (χ0n) is 10.8. The summed E-state index contributed by atoms with van der Waals surface area (Å²) in [7, 11) is 0. The number of rotatable bonds is 5. The second-order valence-electron chi connectivity index (χ2n) is 5.05. The van der Waals surface area contributed by atoms with Gasteiger partial charge in [-0.3, -0.25) is 0 Å². The van der Waals surface area contributed by atoms with Crippen LogP contribution in [0.1, 0.15) is 18.9 Å². The van der Waals surface area contributed by atoms with Crippen molar-refractivity contribution in [2.24, 2.45) is 5.73 Å². The van der Waals surface area contributed by atoms with Gasteiger partial charge in [0.1, 0.15) is 0 Å². The molecule has 19 heavy (non-hydrogen) atoms. The molecule has 0 radical (unpaired) electrons. The summed E-state index contributed by atoms with van der Waals surface area (Å²) < 4.78 is 0. The first-order valence-electron chi connectivity index (χ1n) is 6.19. The van der Waals surface area contributed by atoms with Gasteiger partial charge in [0.15, 0.2) is 5.60 Å².